The molecule has 1 atom stereocenters. The first kappa shape index (κ1) is 16.9. The summed E-state index contributed by atoms with van der Waals surface area (Å²) in [5.74, 6) is 1.04. The zero-order valence-electron chi connectivity index (χ0n) is 13.8. The van der Waals surface area contributed by atoms with E-state index in [0.29, 0.717) is 17.1 Å². The molecule has 1 N–H and O–H groups in total. The van der Waals surface area contributed by atoms with Crippen molar-refractivity contribution < 1.29 is 14.3 Å². The summed E-state index contributed by atoms with van der Waals surface area (Å²) in [6, 6.07) is 15.5. The van der Waals surface area contributed by atoms with Crippen LogP contribution in [0.15, 0.2) is 48.5 Å². The molecule has 1 amide bonds. The van der Waals surface area contributed by atoms with Gasteiger partial charge in [-0.15, -0.1) is 0 Å². The smallest absolute Gasteiger partial charge is 0.255 e. The second-order valence-corrected chi connectivity index (χ2v) is 5.46. The number of carbonyl (C=O) groups excluding carboxylic acids is 1. The molecule has 0 aliphatic rings. The average Bonchev–Trinajstić information content (AvgIpc) is 2.60. The van der Waals surface area contributed by atoms with Gasteiger partial charge in [0, 0.05) is 12.1 Å². The first-order chi connectivity index (χ1) is 11.1. The molecule has 0 aliphatic carbocycles. The molecule has 0 fully saturated rings. The van der Waals surface area contributed by atoms with Crippen LogP contribution in [-0.4, -0.2) is 26.2 Å². The number of nitrogens with one attached hydrogen (secondary N) is 1. The van der Waals surface area contributed by atoms with E-state index in [1.165, 1.54) is 5.56 Å². The molecular weight excluding hydrogens is 290 g/mol. The SMILES string of the molecule is COc1ccc(C(=O)N[C@H](C)CCc2ccccc2)c(OC)c1. The number of ether oxygens (including phenoxy) is 2. The monoisotopic (exact) mass is 313 g/mol. The predicted octanol–water partition coefficient (Wildman–Crippen LogP) is 3.45. The maximum Gasteiger partial charge on any atom is 0.255 e. The lowest BCUT2D eigenvalue weighted by molar-refractivity contribution is 0.0935. The van der Waals surface area contributed by atoms with Gasteiger partial charge in [-0.25, -0.2) is 0 Å². The van der Waals surface area contributed by atoms with Crippen LogP contribution in [-0.2, 0) is 6.42 Å². The highest BCUT2D eigenvalue weighted by Gasteiger charge is 2.15. The van der Waals surface area contributed by atoms with Gasteiger partial charge >= 0.3 is 0 Å². The maximum atomic E-state index is 12.4. The molecule has 122 valence electrons. The first-order valence-electron chi connectivity index (χ1n) is 7.71. The van der Waals surface area contributed by atoms with Gasteiger partial charge in [-0.3, -0.25) is 4.79 Å². The Morgan fingerprint density at radius 2 is 1.83 bits per heavy atom. The largest absolute Gasteiger partial charge is 0.497 e. The highest BCUT2D eigenvalue weighted by atomic mass is 16.5. The van der Waals surface area contributed by atoms with Gasteiger partial charge in [0.1, 0.15) is 11.5 Å². The van der Waals surface area contributed by atoms with E-state index in [9.17, 15) is 4.79 Å². The van der Waals surface area contributed by atoms with Gasteiger partial charge in [-0.1, -0.05) is 30.3 Å². The Morgan fingerprint density at radius 1 is 1.09 bits per heavy atom. The van der Waals surface area contributed by atoms with Crippen molar-refractivity contribution in [2.75, 3.05) is 14.2 Å². The van der Waals surface area contributed by atoms with Crippen molar-refractivity contribution in [1.82, 2.24) is 5.32 Å². The molecule has 4 nitrogen and oxygen atoms in total. The van der Waals surface area contributed by atoms with Crippen LogP contribution in [0.25, 0.3) is 0 Å². The quantitative estimate of drug-likeness (QED) is 0.851. The van der Waals surface area contributed by atoms with Crippen LogP contribution >= 0.6 is 0 Å². The Hall–Kier alpha value is -2.49. The lowest BCUT2D eigenvalue weighted by Gasteiger charge is -2.16. The van der Waals surface area contributed by atoms with Gasteiger partial charge in [0.05, 0.1) is 19.8 Å². The minimum absolute atomic E-state index is 0.0783. The summed E-state index contributed by atoms with van der Waals surface area (Å²) in [6.45, 7) is 2.01. The van der Waals surface area contributed by atoms with E-state index in [4.69, 9.17) is 9.47 Å². The molecular formula is C19H23NO3. The normalized spacial score (nSPS) is 11.6. The van der Waals surface area contributed by atoms with Gasteiger partial charge in [-0.05, 0) is 37.5 Å². The topological polar surface area (TPSA) is 47.6 Å². The summed E-state index contributed by atoms with van der Waals surface area (Å²) in [4.78, 5) is 12.4. The minimum Gasteiger partial charge on any atom is -0.497 e. The third-order valence-corrected chi connectivity index (χ3v) is 3.74. The molecule has 2 rings (SSSR count). The molecule has 4 heteroatoms. The Kier molecular flexibility index (Phi) is 6.03. The summed E-state index contributed by atoms with van der Waals surface area (Å²) in [7, 11) is 3.13. The summed E-state index contributed by atoms with van der Waals surface area (Å²) in [5.41, 5.74) is 1.79. The molecule has 0 bridgehead atoms. The summed E-state index contributed by atoms with van der Waals surface area (Å²) in [5, 5.41) is 3.02. The van der Waals surface area contributed by atoms with Crippen LogP contribution in [0.1, 0.15) is 29.3 Å². The zero-order chi connectivity index (χ0) is 16.7. The van der Waals surface area contributed by atoms with Crippen LogP contribution in [0, 0.1) is 0 Å². The van der Waals surface area contributed by atoms with Crippen molar-refractivity contribution in [1.29, 1.82) is 0 Å². The van der Waals surface area contributed by atoms with E-state index in [-0.39, 0.29) is 11.9 Å². The van der Waals surface area contributed by atoms with Crippen molar-refractivity contribution in [3.8, 4) is 11.5 Å². The molecule has 0 saturated carbocycles. The molecule has 23 heavy (non-hydrogen) atoms. The Bertz CT molecular complexity index is 640. The summed E-state index contributed by atoms with van der Waals surface area (Å²) >= 11 is 0. The van der Waals surface area contributed by atoms with Crippen molar-refractivity contribution in [3.63, 3.8) is 0 Å². The molecule has 0 aliphatic heterocycles. The van der Waals surface area contributed by atoms with Crippen LogP contribution in [0.4, 0.5) is 0 Å². The van der Waals surface area contributed by atoms with Crippen LogP contribution in [0.3, 0.4) is 0 Å². The minimum atomic E-state index is -0.134. The number of hydrogen-bond acceptors (Lipinski definition) is 3. The van der Waals surface area contributed by atoms with Gasteiger partial charge in [0.25, 0.3) is 5.91 Å². The van der Waals surface area contributed by atoms with Crippen molar-refractivity contribution in [2.24, 2.45) is 0 Å². The van der Waals surface area contributed by atoms with Crippen molar-refractivity contribution in [2.45, 2.75) is 25.8 Å². The van der Waals surface area contributed by atoms with Gasteiger partial charge in [0.2, 0.25) is 0 Å². The maximum absolute atomic E-state index is 12.4. The molecule has 2 aromatic rings. The fraction of sp³-hybridized carbons (Fsp3) is 0.316. The molecule has 0 saturated heterocycles. The lowest BCUT2D eigenvalue weighted by atomic mass is 10.1. The second kappa shape index (κ2) is 8.22. The molecule has 0 heterocycles. The van der Waals surface area contributed by atoms with Crippen LogP contribution in [0.2, 0.25) is 0 Å². The number of aryl methyl sites for hydroxylation is 1. The van der Waals surface area contributed by atoms with E-state index in [0.717, 1.165) is 12.8 Å². The van der Waals surface area contributed by atoms with Crippen molar-refractivity contribution in [3.05, 3.63) is 59.7 Å². The number of hydrogen-bond donors (Lipinski definition) is 1. The fourth-order valence-electron chi connectivity index (χ4n) is 2.39. The molecule has 0 aromatic heterocycles. The second-order valence-electron chi connectivity index (χ2n) is 5.46. The van der Waals surface area contributed by atoms with Gasteiger partial charge in [-0.2, -0.15) is 0 Å². The summed E-state index contributed by atoms with van der Waals surface area (Å²) in [6.07, 6.45) is 1.82. The highest BCUT2D eigenvalue weighted by molar-refractivity contribution is 5.97. The van der Waals surface area contributed by atoms with Gasteiger partial charge in [0.15, 0.2) is 0 Å². The number of carbonyl (C=O) groups is 1. The number of amides is 1. The number of methoxy groups -OCH3 is 2. The fourth-order valence-corrected chi connectivity index (χ4v) is 2.39. The highest BCUT2D eigenvalue weighted by Crippen LogP contribution is 2.24. The van der Waals surface area contributed by atoms with E-state index in [2.05, 4.69) is 17.4 Å². The third kappa shape index (κ3) is 4.74. The van der Waals surface area contributed by atoms with Crippen molar-refractivity contribution >= 4 is 5.91 Å². The lowest BCUT2D eigenvalue weighted by Crippen LogP contribution is -2.33. The Labute approximate surface area is 137 Å². The zero-order valence-corrected chi connectivity index (χ0v) is 13.8. The number of rotatable bonds is 7. The third-order valence-electron chi connectivity index (χ3n) is 3.74. The predicted molar refractivity (Wildman–Crippen MR) is 91.2 cm³/mol. The molecule has 2 aromatic carbocycles. The van der Waals surface area contributed by atoms with Gasteiger partial charge < -0.3 is 14.8 Å². The van der Waals surface area contributed by atoms with E-state index >= 15 is 0 Å². The molecule has 0 radical (unpaired) electrons. The first-order valence-corrected chi connectivity index (χ1v) is 7.71. The van der Waals surface area contributed by atoms with E-state index in [1.54, 1.807) is 32.4 Å². The summed E-state index contributed by atoms with van der Waals surface area (Å²) < 4.78 is 10.4. The average molecular weight is 313 g/mol. The Morgan fingerprint density at radius 3 is 2.48 bits per heavy atom. The van der Waals surface area contributed by atoms with E-state index in [1.807, 2.05) is 25.1 Å². The van der Waals surface area contributed by atoms with E-state index < -0.39 is 0 Å². The molecule has 0 unspecified atom stereocenters. The Balaban J connectivity index is 1.95. The molecule has 0 spiro atoms. The standard InChI is InChI=1S/C19H23NO3/c1-14(9-10-15-7-5-4-6-8-15)20-19(21)17-12-11-16(22-2)13-18(17)23-3/h4-8,11-14H,9-10H2,1-3H3,(H,20,21)/t14-/m1/s1. The number of benzene rings is 2. The van der Waals surface area contributed by atoms with Crippen LogP contribution in [0.5, 0.6) is 11.5 Å². The van der Waals surface area contributed by atoms with Crippen LogP contribution < -0.4 is 14.8 Å².